The normalized spacial score (nSPS) is 46.0. The fraction of sp³-hybridized carbons (Fsp3) is 0.718. The molecule has 5 fully saturated rings. The average Bonchev–Trinajstić information content (AvgIpc) is 3.37. The highest BCUT2D eigenvalue weighted by molar-refractivity contribution is 5.87. The Morgan fingerprint density at radius 2 is 1.66 bits per heavy atom. The molecule has 5 heteroatoms. The zero-order valence-electron chi connectivity index (χ0n) is 27.9. The summed E-state index contributed by atoms with van der Waals surface area (Å²) >= 11 is 0. The van der Waals surface area contributed by atoms with E-state index in [-0.39, 0.29) is 50.8 Å². The third-order valence-corrected chi connectivity index (χ3v) is 15.2. The topological polar surface area (TPSA) is 87.0 Å². The number of rotatable bonds is 5. The molecule has 0 saturated heterocycles. The van der Waals surface area contributed by atoms with Gasteiger partial charge in [-0.05, 0) is 128 Å². The van der Waals surface area contributed by atoms with Crippen molar-refractivity contribution in [1.82, 2.24) is 0 Å². The summed E-state index contributed by atoms with van der Waals surface area (Å²) in [5.74, 6) is 1.99. The number of allylic oxidation sites excluding steroid dienone is 1. The molecule has 0 aromatic heterocycles. The van der Waals surface area contributed by atoms with Crippen LogP contribution in [0.15, 0.2) is 42.5 Å². The second-order valence-corrected chi connectivity index (χ2v) is 17.0. The number of aromatic hydroxyl groups is 1. The minimum Gasteiger partial charge on any atom is -0.508 e. The third-order valence-electron chi connectivity index (χ3n) is 15.2. The predicted octanol–water partition coefficient (Wildman–Crippen LogP) is 7.94. The number of hydrogen-bond donors (Lipinski definition) is 3. The third kappa shape index (κ3) is 4.42. The largest absolute Gasteiger partial charge is 0.508 e. The van der Waals surface area contributed by atoms with E-state index in [9.17, 15) is 20.1 Å². The molecular weight excluding hydrogens is 548 g/mol. The van der Waals surface area contributed by atoms with Gasteiger partial charge in [0.1, 0.15) is 11.9 Å². The Hall–Kier alpha value is -2.11. The van der Waals surface area contributed by atoms with Crippen LogP contribution < -0.4 is 0 Å². The molecule has 44 heavy (non-hydrogen) atoms. The summed E-state index contributed by atoms with van der Waals surface area (Å²) in [5, 5.41) is 32.4. The van der Waals surface area contributed by atoms with E-state index in [2.05, 4.69) is 48.1 Å². The Balaban J connectivity index is 1.26. The summed E-state index contributed by atoms with van der Waals surface area (Å²) in [6.07, 6.45) is 11.7. The summed E-state index contributed by atoms with van der Waals surface area (Å²) < 4.78 is 6.12. The molecule has 0 bridgehead atoms. The van der Waals surface area contributed by atoms with Crippen LogP contribution in [-0.2, 0) is 9.53 Å². The van der Waals surface area contributed by atoms with Crippen molar-refractivity contribution in [3.8, 4) is 5.75 Å². The summed E-state index contributed by atoms with van der Waals surface area (Å²) in [5.41, 5.74) is 1.86. The number of aliphatic hydroxyl groups excluding tert-OH is 2. The Labute approximate surface area is 265 Å². The van der Waals surface area contributed by atoms with E-state index in [1.165, 1.54) is 11.6 Å². The zero-order valence-corrected chi connectivity index (χ0v) is 27.9. The molecule has 3 N–H and O–H groups in total. The highest BCUT2D eigenvalue weighted by atomic mass is 16.5. The molecule has 0 amide bonds. The van der Waals surface area contributed by atoms with Crippen molar-refractivity contribution in [2.75, 3.05) is 6.61 Å². The number of phenolic OH excluding ortho intramolecular Hbond substituents is 1. The van der Waals surface area contributed by atoms with Gasteiger partial charge in [-0.1, -0.05) is 58.9 Å². The molecule has 0 heterocycles. The van der Waals surface area contributed by atoms with Gasteiger partial charge >= 0.3 is 5.97 Å². The average molecular weight is 605 g/mol. The fourth-order valence-electron chi connectivity index (χ4n) is 12.6. The first kappa shape index (κ1) is 31.9. The lowest BCUT2D eigenvalue weighted by Crippen LogP contribution is -2.70. The Kier molecular flexibility index (Phi) is 7.76. The molecule has 5 aliphatic rings. The standard InChI is InChI=1S/C39H56O5/c1-24(2)27-16-19-39(23-40)21-20-36(5)28(34(27)39)13-14-30-37(36,6)18-17-29-35(3,4)32(22-31(42)38(29,30)7)44-33(43)15-10-25-8-11-26(41)12-9-25/h8-12,15,27-32,34,40-42H,1,13-14,16-23H2,2-7H3. The Morgan fingerprint density at radius 1 is 0.955 bits per heavy atom. The summed E-state index contributed by atoms with van der Waals surface area (Å²) in [6.45, 7) is 19.0. The van der Waals surface area contributed by atoms with Crippen LogP contribution in [0, 0.1) is 56.7 Å². The lowest BCUT2D eigenvalue weighted by atomic mass is 9.32. The van der Waals surface area contributed by atoms with Crippen molar-refractivity contribution < 1.29 is 24.9 Å². The molecule has 5 aliphatic carbocycles. The lowest BCUT2D eigenvalue weighted by Gasteiger charge is -2.73. The van der Waals surface area contributed by atoms with E-state index in [1.807, 2.05) is 0 Å². The number of hydrogen-bond acceptors (Lipinski definition) is 5. The minimum absolute atomic E-state index is 0.0399. The highest BCUT2D eigenvalue weighted by Gasteiger charge is 2.72. The van der Waals surface area contributed by atoms with Crippen molar-refractivity contribution in [3.05, 3.63) is 48.1 Å². The van der Waals surface area contributed by atoms with Crippen molar-refractivity contribution in [3.63, 3.8) is 0 Å². The van der Waals surface area contributed by atoms with Crippen LogP contribution in [0.2, 0.25) is 0 Å². The Morgan fingerprint density at radius 3 is 2.32 bits per heavy atom. The van der Waals surface area contributed by atoms with Crippen LogP contribution >= 0.6 is 0 Å². The van der Waals surface area contributed by atoms with Gasteiger partial charge in [0.25, 0.3) is 0 Å². The number of phenols is 1. The molecule has 11 atom stereocenters. The van der Waals surface area contributed by atoms with E-state index in [1.54, 1.807) is 30.3 Å². The van der Waals surface area contributed by atoms with Gasteiger partial charge in [0.15, 0.2) is 0 Å². The molecule has 1 aromatic carbocycles. The van der Waals surface area contributed by atoms with Crippen molar-refractivity contribution in [2.45, 2.75) is 112 Å². The van der Waals surface area contributed by atoms with Gasteiger partial charge in [0, 0.05) is 29.9 Å². The number of esters is 1. The summed E-state index contributed by atoms with van der Waals surface area (Å²) in [6, 6.07) is 6.71. The van der Waals surface area contributed by atoms with Crippen LogP contribution in [0.5, 0.6) is 5.75 Å². The minimum atomic E-state index is -0.543. The van der Waals surface area contributed by atoms with Crippen molar-refractivity contribution >= 4 is 12.0 Å². The van der Waals surface area contributed by atoms with Gasteiger partial charge in [-0.2, -0.15) is 0 Å². The molecule has 5 saturated carbocycles. The van der Waals surface area contributed by atoms with Gasteiger partial charge in [0.2, 0.25) is 0 Å². The van der Waals surface area contributed by atoms with Crippen LogP contribution in [0.25, 0.3) is 6.08 Å². The highest BCUT2D eigenvalue weighted by Crippen LogP contribution is 2.77. The number of fused-ring (bicyclic) bond motifs is 7. The molecule has 242 valence electrons. The number of aliphatic hydroxyl groups is 2. The Bertz CT molecular complexity index is 1310. The van der Waals surface area contributed by atoms with E-state index in [4.69, 9.17) is 4.74 Å². The van der Waals surface area contributed by atoms with Crippen molar-refractivity contribution in [1.29, 1.82) is 0 Å². The van der Waals surface area contributed by atoms with Gasteiger partial charge in [-0.3, -0.25) is 0 Å². The second-order valence-electron chi connectivity index (χ2n) is 17.0. The first-order valence-corrected chi connectivity index (χ1v) is 17.3. The van der Waals surface area contributed by atoms with Crippen LogP contribution in [0.4, 0.5) is 0 Å². The first-order chi connectivity index (χ1) is 20.6. The number of carbonyl (C=O) groups excluding carboxylic acids is 1. The maximum Gasteiger partial charge on any atom is 0.331 e. The van der Waals surface area contributed by atoms with E-state index >= 15 is 0 Å². The molecular formula is C39H56O5. The molecule has 6 rings (SSSR count). The number of benzene rings is 1. The van der Waals surface area contributed by atoms with Gasteiger partial charge in [-0.15, -0.1) is 0 Å². The number of carbonyl (C=O) groups is 1. The maximum absolute atomic E-state index is 13.0. The quantitative estimate of drug-likeness (QED) is 0.180. The van der Waals surface area contributed by atoms with Crippen LogP contribution in [0.1, 0.15) is 105 Å². The molecule has 1 aromatic rings. The van der Waals surface area contributed by atoms with E-state index < -0.39 is 6.10 Å². The molecule has 5 nitrogen and oxygen atoms in total. The summed E-state index contributed by atoms with van der Waals surface area (Å²) in [7, 11) is 0. The molecule has 0 aliphatic heterocycles. The second kappa shape index (κ2) is 10.7. The fourth-order valence-corrected chi connectivity index (χ4v) is 12.6. The summed E-state index contributed by atoms with van der Waals surface area (Å²) in [4.78, 5) is 13.0. The van der Waals surface area contributed by atoms with Gasteiger partial charge < -0.3 is 20.1 Å². The molecule has 0 radical (unpaired) electrons. The maximum atomic E-state index is 13.0. The van der Waals surface area contributed by atoms with Crippen LogP contribution in [-0.4, -0.2) is 40.1 Å². The van der Waals surface area contributed by atoms with Gasteiger partial charge in [-0.25, -0.2) is 4.79 Å². The molecule has 11 unspecified atom stereocenters. The zero-order chi connectivity index (χ0) is 31.9. The number of ether oxygens (including phenoxy) is 1. The SMILES string of the molecule is C=C(C)C1CCC2(CO)CCC3(C)C(CCC4C5(C)C(O)CC(OC(=O)C=Cc6ccc(O)cc6)C(C)(C)C5CCC43C)C12. The van der Waals surface area contributed by atoms with E-state index in [0.717, 1.165) is 56.9 Å². The van der Waals surface area contributed by atoms with Gasteiger partial charge in [0.05, 0.1) is 6.10 Å². The van der Waals surface area contributed by atoms with Crippen molar-refractivity contribution in [2.24, 2.45) is 56.7 Å². The predicted molar refractivity (Wildman–Crippen MR) is 174 cm³/mol. The lowest BCUT2D eigenvalue weighted by molar-refractivity contribution is -0.276. The van der Waals surface area contributed by atoms with Crippen LogP contribution in [0.3, 0.4) is 0 Å². The smallest absolute Gasteiger partial charge is 0.331 e. The molecule has 0 spiro atoms. The van der Waals surface area contributed by atoms with E-state index in [0.29, 0.717) is 36.7 Å². The first-order valence-electron chi connectivity index (χ1n) is 17.3. The monoisotopic (exact) mass is 604 g/mol.